The van der Waals surface area contributed by atoms with Crippen molar-refractivity contribution in [2.75, 3.05) is 6.54 Å². The van der Waals surface area contributed by atoms with E-state index in [0.717, 1.165) is 12.0 Å². The van der Waals surface area contributed by atoms with Gasteiger partial charge in [-0.3, -0.25) is 4.99 Å². The van der Waals surface area contributed by atoms with E-state index in [1.54, 1.807) is 22.9 Å². The third-order valence-electron chi connectivity index (χ3n) is 4.86. The summed E-state index contributed by atoms with van der Waals surface area (Å²) in [5, 5.41) is 36.9. The maximum Gasteiger partial charge on any atom is 0.206 e. The fraction of sp³-hybridized carbons (Fsp3) is 0.0833. The van der Waals surface area contributed by atoms with E-state index >= 15 is 0 Å². The number of thiazole rings is 1. The number of nitrogens with zero attached hydrogens (tertiary/aromatic N) is 3. The fourth-order valence-corrected chi connectivity index (χ4v) is 4.50. The van der Waals surface area contributed by atoms with Crippen molar-refractivity contribution >= 4 is 40.8 Å². The first kappa shape index (κ1) is 22.9. The van der Waals surface area contributed by atoms with Gasteiger partial charge in [0.05, 0.1) is 16.9 Å². The van der Waals surface area contributed by atoms with Crippen molar-refractivity contribution in [3.05, 3.63) is 92.0 Å². The number of phenols is 3. The first-order valence-corrected chi connectivity index (χ1v) is 11.6. The van der Waals surface area contributed by atoms with Gasteiger partial charge >= 0.3 is 0 Å². The molecule has 0 fully saturated rings. The highest BCUT2D eigenvalue weighted by Crippen LogP contribution is 2.36. The van der Waals surface area contributed by atoms with Gasteiger partial charge in [0.25, 0.3) is 0 Å². The van der Waals surface area contributed by atoms with Gasteiger partial charge in [-0.25, -0.2) is 4.68 Å². The van der Waals surface area contributed by atoms with Crippen LogP contribution >= 0.6 is 34.5 Å². The summed E-state index contributed by atoms with van der Waals surface area (Å²) in [4.78, 5) is 5.34. The zero-order valence-corrected chi connectivity index (χ0v) is 19.5. The van der Waals surface area contributed by atoms with Crippen molar-refractivity contribution in [3.63, 3.8) is 0 Å². The number of halogens is 2. The second-order valence-corrected chi connectivity index (χ2v) is 8.75. The highest BCUT2D eigenvalue weighted by Gasteiger charge is 2.13. The van der Waals surface area contributed by atoms with Crippen LogP contribution < -0.4 is 4.80 Å². The molecule has 0 aliphatic carbocycles. The van der Waals surface area contributed by atoms with Crippen molar-refractivity contribution < 1.29 is 15.3 Å². The summed E-state index contributed by atoms with van der Waals surface area (Å²) < 4.78 is 1.62. The standard InChI is InChI=1S/C24H19Cl2N3O3S/c25-17-7-8-18(19(26)12-17)20-14-33-24(27-11-10-15-4-2-1-3-5-15)29(20)28-13-16-6-9-21(30)23(32)22(16)31/h1-9,12-14,30-32H,10-11H2. The fourth-order valence-electron chi connectivity index (χ4n) is 3.14. The SMILES string of the molecule is Oc1ccc(C=Nn2c(-c3ccc(Cl)cc3Cl)csc2=NCCc2ccccc2)c(O)c1O. The van der Waals surface area contributed by atoms with Crippen molar-refractivity contribution in [1.82, 2.24) is 4.68 Å². The van der Waals surface area contributed by atoms with E-state index in [2.05, 4.69) is 17.2 Å². The van der Waals surface area contributed by atoms with E-state index in [1.165, 1.54) is 35.2 Å². The van der Waals surface area contributed by atoms with Crippen molar-refractivity contribution in [3.8, 4) is 28.5 Å². The second kappa shape index (κ2) is 10.1. The topological polar surface area (TPSA) is 90.3 Å². The lowest BCUT2D eigenvalue weighted by molar-refractivity contribution is 0.367. The number of phenolic OH excluding ortho intramolecular Hbond substituents is 3. The van der Waals surface area contributed by atoms with Crippen LogP contribution in [0.3, 0.4) is 0 Å². The Labute approximate surface area is 204 Å². The number of benzene rings is 3. The molecular formula is C24H19Cl2N3O3S. The largest absolute Gasteiger partial charge is 0.504 e. The molecule has 0 bridgehead atoms. The molecule has 0 radical (unpaired) electrons. The molecule has 33 heavy (non-hydrogen) atoms. The van der Waals surface area contributed by atoms with Gasteiger partial charge in [-0.15, -0.1) is 11.3 Å². The molecule has 9 heteroatoms. The first-order chi connectivity index (χ1) is 15.9. The second-order valence-electron chi connectivity index (χ2n) is 7.07. The molecule has 0 aliphatic rings. The predicted molar refractivity (Wildman–Crippen MR) is 133 cm³/mol. The van der Waals surface area contributed by atoms with Gasteiger partial charge in [0.2, 0.25) is 10.6 Å². The molecule has 0 atom stereocenters. The van der Waals surface area contributed by atoms with Gasteiger partial charge in [-0.1, -0.05) is 53.5 Å². The Bertz CT molecular complexity index is 1380. The zero-order chi connectivity index (χ0) is 23.4. The molecular weight excluding hydrogens is 481 g/mol. The summed E-state index contributed by atoms with van der Waals surface area (Å²) >= 11 is 13.9. The molecule has 0 unspecified atom stereocenters. The Morgan fingerprint density at radius 1 is 0.939 bits per heavy atom. The van der Waals surface area contributed by atoms with Gasteiger partial charge in [0.1, 0.15) is 0 Å². The molecule has 0 saturated carbocycles. The van der Waals surface area contributed by atoms with Crippen molar-refractivity contribution in [1.29, 1.82) is 0 Å². The summed E-state index contributed by atoms with van der Waals surface area (Å²) in [7, 11) is 0. The molecule has 0 aliphatic heterocycles. The van der Waals surface area contributed by atoms with Crippen LogP contribution in [0.1, 0.15) is 11.1 Å². The molecule has 1 heterocycles. The van der Waals surface area contributed by atoms with Crippen LogP contribution in [0.2, 0.25) is 10.0 Å². The highest BCUT2D eigenvalue weighted by atomic mass is 35.5. The minimum Gasteiger partial charge on any atom is -0.504 e. The molecule has 1 aromatic heterocycles. The summed E-state index contributed by atoms with van der Waals surface area (Å²) in [5.41, 5.74) is 2.82. The summed E-state index contributed by atoms with van der Waals surface area (Å²) in [6, 6.07) is 18.0. The van der Waals surface area contributed by atoms with Crippen molar-refractivity contribution in [2.24, 2.45) is 10.1 Å². The number of hydrogen-bond donors (Lipinski definition) is 3. The van der Waals surface area contributed by atoms with E-state index in [0.29, 0.717) is 27.1 Å². The predicted octanol–water partition coefficient (Wildman–Crippen LogP) is 5.67. The minimum absolute atomic E-state index is 0.229. The van der Waals surface area contributed by atoms with Gasteiger partial charge in [-0.05, 0) is 42.3 Å². The minimum atomic E-state index is -0.608. The molecule has 6 nitrogen and oxygen atoms in total. The number of aromatic nitrogens is 1. The molecule has 0 saturated heterocycles. The molecule has 3 N–H and O–H groups in total. The highest BCUT2D eigenvalue weighted by molar-refractivity contribution is 7.07. The average molecular weight is 500 g/mol. The Morgan fingerprint density at radius 3 is 2.48 bits per heavy atom. The monoisotopic (exact) mass is 499 g/mol. The lowest BCUT2D eigenvalue weighted by atomic mass is 10.2. The van der Waals surface area contributed by atoms with Crippen LogP contribution in [0, 0.1) is 0 Å². The Morgan fingerprint density at radius 2 is 1.73 bits per heavy atom. The van der Waals surface area contributed by atoms with Crippen LogP contribution in [-0.4, -0.2) is 32.8 Å². The van der Waals surface area contributed by atoms with Crippen LogP contribution in [0.15, 0.2) is 76.1 Å². The van der Waals surface area contributed by atoms with Gasteiger partial charge < -0.3 is 15.3 Å². The molecule has 4 aromatic rings. The van der Waals surface area contributed by atoms with Crippen molar-refractivity contribution in [2.45, 2.75) is 6.42 Å². The first-order valence-electron chi connectivity index (χ1n) is 9.92. The Kier molecular flexibility index (Phi) is 7.03. The lowest BCUT2D eigenvalue weighted by Gasteiger charge is -2.07. The Hall–Kier alpha value is -3.26. The summed E-state index contributed by atoms with van der Waals surface area (Å²) in [6.07, 6.45) is 2.15. The van der Waals surface area contributed by atoms with E-state index in [1.807, 2.05) is 23.6 Å². The average Bonchev–Trinajstić information content (AvgIpc) is 3.20. The number of aromatic hydroxyl groups is 3. The zero-order valence-electron chi connectivity index (χ0n) is 17.2. The van der Waals surface area contributed by atoms with Crippen LogP contribution in [-0.2, 0) is 6.42 Å². The van der Waals surface area contributed by atoms with E-state index in [-0.39, 0.29) is 5.56 Å². The number of hydrogen-bond acceptors (Lipinski definition) is 6. The van der Waals surface area contributed by atoms with Gasteiger partial charge in [-0.2, -0.15) is 5.10 Å². The van der Waals surface area contributed by atoms with Gasteiger partial charge in [0, 0.05) is 28.1 Å². The maximum absolute atomic E-state index is 10.1. The molecule has 3 aromatic carbocycles. The van der Waals surface area contributed by atoms with E-state index < -0.39 is 17.2 Å². The maximum atomic E-state index is 10.1. The third-order valence-corrected chi connectivity index (χ3v) is 6.26. The van der Waals surface area contributed by atoms with Gasteiger partial charge in [0.15, 0.2) is 11.5 Å². The lowest BCUT2D eigenvalue weighted by Crippen LogP contribution is -2.13. The van der Waals surface area contributed by atoms with E-state index in [9.17, 15) is 15.3 Å². The Balaban J connectivity index is 1.75. The summed E-state index contributed by atoms with van der Waals surface area (Å²) in [6.45, 7) is 0.555. The smallest absolute Gasteiger partial charge is 0.206 e. The van der Waals surface area contributed by atoms with Crippen LogP contribution in [0.5, 0.6) is 17.2 Å². The molecule has 168 valence electrons. The normalized spacial score (nSPS) is 12.0. The van der Waals surface area contributed by atoms with Crippen LogP contribution in [0.4, 0.5) is 0 Å². The summed E-state index contributed by atoms with van der Waals surface area (Å²) in [5.74, 6) is -1.50. The molecule has 4 rings (SSSR count). The number of rotatable bonds is 6. The quantitative estimate of drug-likeness (QED) is 0.236. The molecule has 0 amide bonds. The van der Waals surface area contributed by atoms with Crippen LogP contribution in [0.25, 0.3) is 11.3 Å². The van der Waals surface area contributed by atoms with E-state index in [4.69, 9.17) is 28.2 Å². The molecule has 0 spiro atoms. The third kappa shape index (κ3) is 5.22.